The Morgan fingerprint density at radius 2 is 2.15 bits per heavy atom. The number of urea groups is 1. The number of hydrogen-bond acceptors (Lipinski definition) is 4. The molecule has 0 saturated carbocycles. The molecule has 7 heteroatoms. The van der Waals surface area contributed by atoms with Crippen LogP contribution in [-0.4, -0.2) is 48.1 Å². The summed E-state index contributed by atoms with van der Waals surface area (Å²) in [4.78, 5) is 25.5. The van der Waals surface area contributed by atoms with Crippen LogP contribution in [0, 0.1) is 5.82 Å². The Morgan fingerprint density at radius 3 is 2.85 bits per heavy atom. The first kappa shape index (κ1) is 19.1. The second-order valence-electron chi connectivity index (χ2n) is 6.96. The maximum absolute atomic E-state index is 13.6. The van der Waals surface area contributed by atoms with Gasteiger partial charge in [-0.05, 0) is 18.6 Å². The Balaban J connectivity index is 1.89. The third-order valence-electron chi connectivity index (χ3n) is 4.64. The summed E-state index contributed by atoms with van der Waals surface area (Å²) in [5.74, 6) is 0.971. The van der Waals surface area contributed by atoms with Crippen molar-refractivity contribution >= 4 is 11.8 Å². The summed E-state index contributed by atoms with van der Waals surface area (Å²) in [6.45, 7) is 3.87. The van der Waals surface area contributed by atoms with E-state index in [2.05, 4.69) is 22.2 Å². The number of rotatable bonds is 5. The van der Waals surface area contributed by atoms with Crippen LogP contribution < -0.4 is 10.2 Å². The van der Waals surface area contributed by atoms with Crippen LogP contribution in [0.1, 0.15) is 31.0 Å². The van der Waals surface area contributed by atoms with E-state index in [0.29, 0.717) is 37.4 Å². The van der Waals surface area contributed by atoms with Crippen molar-refractivity contribution in [3.63, 3.8) is 0 Å². The normalized spacial score (nSPS) is 13.3. The zero-order chi connectivity index (χ0) is 19.4. The minimum absolute atomic E-state index is 0.0481. The number of benzene rings is 1. The van der Waals surface area contributed by atoms with E-state index in [4.69, 9.17) is 0 Å². The number of nitrogens with one attached hydrogen (secondary N) is 1. The third-order valence-corrected chi connectivity index (χ3v) is 4.64. The van der Waals surface area contributed by atoms with Crippen LogP contribution in [0.5, 0.6) is 0 Å². The van der Waals surface area contributed by atoms with Gasteiger partial charge in [0.15, 0.2) is 5.82 Å². The van der Waals surface area contributed by atoms with Gasteiger partial charge in [0.1, 0.15) is 11.6 Å². The number of halogens is 1. The lowest BCUT2D eigenvalue weighted by Crippen LogP contribution is -2.43. The largest absolute Gasteiger partial charge is 0.362 e. The zero-order valence-corrected chi connectivity index (χ0v) is 16.1. The van der Waals surface area contributed by atoms with Crippen molar-refractivity contribution in [1.29, 1.82) is 0 Å². The van der Waals surface area contributed by atoms with Gasteiger partial charge in [-0.25, -0.2) is 19.2 Å². The highest BCUT2D eigenvalue weighted by Crippen LogP contribution is 2.29. The first-order valence-electron chi connectivity index (χ1n) is 9.35. The molecular weight excluding hydrogens is 345 g/mol. The summed E-state index contributed by atoms with van der Waals surface area (Å²) < 4.78 is 13.6. The molecule has 2 amide bonds. The van der Waals surface area contributed by atoms with E-state index in [0.717, 1.165) is 29.9 Å². The molecule has 1 aliphatic heterocycles. The molecule has 27 heavy (non-hydrogen) atoms. The van der Waals surface area contributed by atoms with Gasteiger partial charge in [0.05, 0.1) is 12.2 Å². The van der Waals surface area contributed by atoms with Crippen LogP contribution in [0.3, 0.4) is 0 Å². The molecule has 3 rings (SSSR count). The SMILES string of the molecule is CCCCNC(=O)N1CCc2nc(-c3cccc(F)c3)nc(N(C)C)c2C1. The molecule has 0 saturated heterocycles. The Kier molecular flexibility index (Phi) is 5.88. The van der Waals surface area contributed by atoms with Crippen LogP contribution in [0.15, 0.2) is 24.3 Å². The average Bonchev–Trinajstić information content (AvgIpc) is 2.66. The van der Waals surface area contributed by atoms with Gasteiger partial charge in [-0.15, -0.1) is 0 Å². The monoisotopic (exact) mass is 371 g/mol. The summed E-state index contributed by atoms with van der Waals surface area (Å²) in [5.41, 5.74) is 2.53. The number of amides is 2. The molecule has 2 aromatic rings. The van der Waals surface area contributed by atoms with Crippen molar-refractivity contribution in [2.24, 2.45) is 0 Å². The summed E-state index contributed by atoms with van der Waals surface area (Å²) >= 11 is 0. The van der Waals surface area contributed by atoms with Gasteiger partial charge in [-0.1, -0.05) is 25.5 Å². The van der Waals surface area contributed by atoms with Crippen molar-refractivity contribution < 1.29 is 9.18 Å². The van der Waals surface area contributed by atoms with Gasteiger partial charge in [0, 0.05) is 44.7 Å². The second-order valence-corrected chi connectivity index (χ2v) is 6.96. The molecule has 0 unspecified atom stereocenters. The number of aromatic nitrogens is 2. The minimum atomic E-state index is -0.310. The number of hydrogen-bond donors (Lipinski definition) is 1. The Bertz CT molecular complexity index is 824. The van der Waals surface area contributed by atoms with E-state index in [1.807, 2.05) is 19.0 Å². The smallest absolute Gasteiger partial charge is 0.317 e. The van der Waals surface area contributed by atoms with Crippen LogP contribution in [0.25, 0.3) is 11.4 Å². The van der Waals surface area contributed by atoms with Crippen molar-refractivity contribution in [2.45, 2.75) is 32.7 Å². The zero-order valence-electron chi connectivity index (χ0n) is 16.1. The van der Waals surface area contributed by atoms with E-state index >= 15 is 0 Å². The van der Waals surface area contributed by atoms with Crippen LogP contribution in [0.2, 0.25) is 0 Å². The molecular formula is C20H26FN5O. The number of carbonyl (C=O) groups excluding carboxylic acids is 1. The molecule has 1 aliphatic rings. The molecule has 144 valence electrons. The van der Waals surface area contributed by atoms with Gasteiger partial charge >= 0.3 is 6.03 Å². The van der Waals surface area contributed by atoms with Crippen molar-refractivity contribution in [2.75, 3.05) is 32.1 Å². The topological polar surface area (TPSA) is 61.4 Å². The predicted octanol–water partition coefficient (Wildman–Crippen LogP) is 3.22. The number of unbranched alkanes of at least 4 members (excludes halogenated alkanes) is 1. The summed E-state index contributed by atoms with van der Waals surface area (Å²) in [5, 5.41) is 2.97. The summed E-state index contributed by atoms with van der Waals surface area (Å²) in [6, 6.07) is 6.26. The average molecular weight is 371 g/mol. The fourth-order valence-electron chi connectivity index (χ4n) is 3.18. The fourth-order valence-corrected chi connectivity index (χ4v) is 3.18. The van der Waals surface area contributed by atoms with Crippen LogP contribution in [-0.2, 0) is 13.0 Å². The van der Waals surface area contributed by atoms with Crippen LogP contribution in [0.4, 0.5) is 15.0 Å². The molecule has 0 fully saturated rings. The highest BCUT2D eigenvalue weighted by Gasteiger charge is 2.26. The first-order chi connectivity index (χ1) is 13.0. The summed E-state index contributed by atoms with van der Waals surface area (Å²) in [7, 11) is 3.83. The number of fused-ring (bicyclic) bond motifs is 1. The molecule has 0 spiro atoms. The molecule has 1 aromatic heterocycles. The molecule has 1 N–H and O–H groups in total. The Labute approximate surface area is 159 Å². The molecule has 6 nitrogen and oxygen atoms in total. The standard InChI is InChI=1S/C20H26FN5O/c1-4-5-10-22-20(27)26-11-9-17-16(13-26)19(25(2)3)24-18(23-17)14-7-6-8-15(21)12-14/h6-8,12H,4-5,9-11,13H2,1-3H3,(H,22,27). The first-order valence-corrected chi connectivity index (χ1v) is 9.35. The molecule has 0 aliphatic carbocycles. The molecule has 0 radical (unpaired) electrons. The Morgan fingerprint density at radius 1 is 1.33 bits per heavy atom. The van der Waals surface area contributed by atoms with Gasteiger partial charge < -0.3 is 15.1 Å². The lowest BCUT2D eigenvalue weighted by molar-refractivity contribution is 0.192. The highest BCUT2D eigenvalue weighted by molar-refractivity contribution is 5.75. The predicted molar refractivity (Wildman–Crippen MR) is 104 cm³/mol. The lowest BCUT2D eigenvalue weighted by Gasteiger charge is -2.31. The Hall–Kier alpha value is -2.70. The minimum Gasteiger partial charge on any atom is -0.362 e. The maximum atomic E-state index is 13.6. The van der Waals surface area contributed by atoms with E-state index < -0.39 is 0 Å². The number of carbonyl (C=O) groups is 1. The fraction of sp³-hybridized carbons (Fsp3) is 0.450. The number of anilines is 1. The van der Waals surface area contributed by atoms with E-state index in [-0.39, 0.29) is 11.8 Å². The maximum Gasteiger partial charge on any atom is 0.317 e. The van der Waals surface area contributed by atoms with Gasteiger partial charge in [-0.3, -0.25) is 0 Å². The third kappa shape index (κ3) is 4.35. The van der Waals surface area contributed by atoms with Gasteiger partial charge in [0.25, 0.3) is 0 Å². The van der Waals surface area contributed by atoms with Crippen molar-refractivity contribution in [1.82, 2.24) is 20.2 Å². The van der Waals surface area contributed by atoms with E-state index in [9.17, 15) is 9.18 Å². The van der Waals surface area contributed by atoms with Crippen LogP contribution >= 0.6 is 0 Å². The summed E-state index contributed by atoms with van der Waals surface area (Å²) in [6.07, 6.45) is 2.67. The highest BCUT2D eigenvalue weighted by atomic mass is 19.1. The van der Waals surface area contributed by atoms with Crippen molar-refractivity contribution in [3.05, 3.63) is 41.3 Å². The molecule has 1 aromatic carbocycles. The van der Waals surface area contributed by atoms with Gasteiger partial charge in [0.2, 0.25) is 0 Å². The second kappa shape index (κ2) is 8.33. The number of nitrogens with zero attached hydrogens (tertiary/aromatic N) is 4. The molecule has 2 heterocycles. The molecule has 0 bridgehead atoms. The molecule has 0 atom stereocenters. The quantitative estimate of drug-likeness (QED) is 0.820. The van der Waals surface area contributed by atoms with E-state index in [1.165, 1.54) is 12.1 Å². The van der Waals surface area contributed by atoms with Gasteiger partial charge in [-0.2, -0.15) is 0 Å². The van der Waals surface area contributed by atoms with E-state index in [1.54, 1.807) is 17.0 Å². The lowest BCUT2D eigenvalue weighted by atomic mass is 10.1. The van der Waals surface area contributed by atoms with Crippen molar-refractivity contribution in [3.8, 4) is 11.4 Å².